The Morgan fingerprint density at radius 2 is 2.06 bits per heavy atom. The van der Waals surface area contributed by atoms with Gasteiger partial charge in [-0.2, -0.15) is 0 Å². The summed E-state index contributed by atoms with van der Waals surface area (Å²) < 4.78 is 16.1. The van der Waals surface area contributed by atoms with E-state index in [1.165, 1.54) is 0 Å². The van der Waals surface area contributed by atoms with Crippen molar-refractivity contribution in [3.8, 4) is 11.5 Å². The zero-order valence-corrected chi connectivity index (χ0v) is 10.7. The highest BCUT2D eigenvalue weighted by Crippen LogP contribution is 2.37. The molecule has 5 heteroatoms. The van der Waals surface area contributed by atoms with E-state index in [4.69, 9.17) is 14.2 Å². The first kappa shape index (κ1) is 13.0. The van der Waals surface area contributed by atoms with Gasteiger partial charge in [0, 0.05) is 12.7 Å². The standard InChI is InChI=1S/C11H13BrO4/c1-14-5-6-16-11-9(15-2)4-3-8(7-13)10(11)12/h3-4,7H,5-6H2,1-2H3. The number of carbonyl (C=O) groups is 1. The number of hydrogen-bond donors (Lipinski definition) is 0. The molecule has 0 aliphatic carbocycles. The summed E-state index contributed by atoms with van der Waals surface area (Å²) in [5.74, 6) is 1.10. The van der Waals surface area contributed by atoms with Crippen molar-refractivity contribution in [1.29, 1.82) is 0 Å². The lowest BCUT2D eigenvalue weighted by Gasteiger charge is -2.13. The highest BCUT2D eigenvalue weighted by molar-refractivity contribution is 9.10. The quantitative estimate of drug-likeness (QED) is 0.595. The number of methoxy groups -OCH3 is 2. The maximum atomic E-state index is 10.8. The fourth-order valence-corrected chi connectivity index (χ4v) is 1.70. The molecule has 1 aromatic carbocycles. The Morgan fingerprint density at radius 1 is 1.31 bits per heavy atom. The smallest absolute Gasteiger partial charge is 0.176 e. The number of aldehydes is 1. The fraction of sp³-hybridized carbons (Fsp3) is 0.364. The Bertz CT molecular complexity index is 365. The molecule has 0 aromatic heterocycles. The molecular weight excluding hydrogens is 276 g/mol. The summed E-state index contributed by atoms with van der Waals surface area (Å²) in [5, 5.41) is 0. The molecule has 88 valence electrons. The van der Waals surface area contributed by atoms with Crippen molar-refractivity contribution in [3.63, 3.8) is 0 Å². The minimum Gasteiger partial charge on any atom is -0.493 e. The molecule has 0 heterocycles. The number of ether oxygens (including phenoxy) is 3. The second kappa shape index (κ2) is 6.50. The molecule has 4 nitrogen and oxygen atoms in total. The summed E-state index contributed by atoms with van der Waals surface area (Å²) >= 11 is 3.31. The molecule has 0 aliphatic rings. The minimum atomic E-state index is 0.397. The van der Waals surface area contributed by atoms with Crippen molar-refractivity contribution in [2.75, 3.05) is 27.4 Å². The first-order valence-corrected chi connectivity index (χ1v) is 5.47. The van der Waals surface area contributed by atoms with E-state index in [0.717, 1.165) is 6.29 Å². The number of rotatable bonds is 6. The molecule has 1 rings (SSSR count). The predicted octanol–water partition coefficient (Wildman–Crippen LogP) is 2.30. The van der Waals surface area contributed by atoms with E-state index in [9.17, 15) is 4.79 Å². The Kier molecular flexibility index (Phi) is 5.28. The van der Waals surface area contributed by atoms with Crippen LogP contribution in [0, 0.1) is 0 Å². The largest absolute Gasteiger partial charge is 0.493 e. The van der Waals surface area contributed by atoms with Crippen LogP contribution in [0.3, 0.4) is 0 Å². The van der Waals surface area contributed by atoms with Crippen LogP contribution in [0.15, 0.2) is 16.6 Å². The predicted molar refractivity (Wildman–Crippen MR) is 63.5 cm³/mol. The van der Waals surface area contributed by atoms with Crippen LogP contribution in [0.2, 0.25) is 0 Å². The topological polar surface area (TPSA) is 44.8 Å². The number of hydrogen-bond acceptors (Lipinski definition) is 4. The summed E-state index contributed by atoms with van der Waals surface area (Å²) in [5.41, 5.74) is 0.521. The van der Waals surface area contributed by atoms with Gasteiger partial charge in [0.15, 0.2) is 17.8 Å². The third-order valence-electron chi connectivity index (χ3n) is 1.97. The van der Waals surface area contributed by atoms with Crippen molar-refractivity contribution in [1.82, 2.24) is 0 Å². The summed E-state index contributed by atoms with van der Waals surface area (Å²) in [6, 6.07) is 3.36. The van der Waals surface area contributed by atoms with Crippen molar-refractivity contribution >= 4 is 22.2 Å². The maximum absolute atomic E-state index is 10.8. The Balaban J connectivity index is 2.96. The van der Waals surface area contributed by atoms with Crippen molar-refractivity contribution in [2.45, 2.75) is 0 Å². The van der Waals surface area contributed by atoms with Gasteiger partial charge < -0.3 is 14.2 Å². The van der Waals surface area contributed by atoms with Crippen molar-refractivity contribution < 1.29 is 19.0 Å². The number of halogens is 1. The average molecular weight is 289 g/mol. The van der Waals surface area contributed by atoms with Crippen LogP contribution in [0.5, 0.6) is 11.5 Å². The van der Waals surface area contributed by atoms with Gasteiger partial charge in [0.1, 0.15) is 6.61 Å². The van der Waals surface area contributed by atoms with E-state index in [2.05, 4.69) is 15.9 Å². The van der Waals surface area contributed by atoms with Gasteiger partial charge >= 0.3 is 0 Å². The van der Waals surface area contributed by atoms with Crippen LogP contribution in [-0.2, 0) is 4.74 Å². The van der Waals surface area contributed by atoms with E-state index in [1.54, 1.807) is 26.4 Å². The minimum absolute atomic E-state index is 0.397. The van der Waals surface area contributed by atoms with Gasteiger partial charge in [0.25, 0.3) is 0 Å². The molecular formula is C11H13BrO4. The number of benzene rings is 1. The van der Waals surface area contributed by atoms with Gasteiger partial charge in [-0.1, -0.05) is 0 Å². The van der Waals surface area contributed by atoms with E-state index in [1.807, 2.05) is 0 Å². The van der Waals surface area contributed by atoms with Gasteiger partial charge in [-0.3, -0.25) is 4.79 Å². The van der Waals surface area contributed by atoms with Crippen LogP contribution < -0.4 is 9.47 Å². The average Bonchev–Trinajstić information content (AvgIpc) is 2.31. The highest BCUT2D eigenvalue weighted by atomic mass is 79.9. The van der Waals surface area contributed by atoms with Crippen molar-refractivity contribution in [2.24, 2.45) is 0 Å². The lowest BCUT2D eigenvalue weighted by molar-refractivity contribution is 0.112. The molecule has 0 spiro atoms. The number of carbonyl (C=O) groups excluding carboxylic acids is 1. The summed E-state index contributed by atoms with van der Waals surface area (Å²) in [4.78, 5) is 10.8. The molecule has 0 bridgehead atoms. The second-order valence-corrected chi connectivity index (χ2v) is 3.75. The molecule has 16 heavy (non-hydrogen) atoms. The first-order chi connectivity index (χ1) is 7.74. The van der Waals surface area contributed by atoms with Gasteiger partial charge in [-0.25, -0.2) is 0 Å². The second-order valence-electron chi connectivity index (χ2n) is 2.96. The van der Waals surface area contributed by atoms with Crippen molar-refractivity contribution in [3.05, 3.63) is 22.2 Å². The Labute approximate surface area is 103 Å². The van der Waals surface area contributed by atoms with Gasteiger partial charge in [0.2, 0.25) is 0 Å². The molecule has 0 N–H and O–H groups in total. The molecule has 1 aromatic rings. The molecule has 0 aliphatic heterocycles. The Morgan fingerprint density at radius 3 is 2.62 bits per heavy atom. The van der Waals surface area contributed by atoms with E-state index in [-0.39, 0.29) is 0 Å². The van der Waals surface area contributed by atoms with E-state index in [0.29, 0.717) is 34.7 Å². The monoisotopic (exact) mass is 288 g/mol. The summed E-state index contributed by atoms with van der Waals surface area (Å²) in [6.45, 7) is 0.870. The molecule has 0 unspecified atom stereocenters. The van der Waals surface area contributed by atoms with Crippen LogP contribution in [0.1, 0.15) is 10.4 Å². The third-order valence-corrected chi connectivity index (χ3v) is 2.79. The zero-order chi connectivity index (χ0) is 12.0. The molecule has 0 saturated heterocycles. The zero-order valence-electron chi connectivity index (χ0n) is 9.16. The third kappa shape index (κ3) is 2.96. The lowest BCUT2D eigenvalue weighted by atomic mass is 10.2. The maximum Gasteiger partial charge on any atom is 0.176 e. The van der Waals surface area contributed by atoms with Gasteiger partial charge in [-0.15, -0.1) is 0 Å². The normalized spacial score (nSPS) is 9.94. The Hall–Kier alpha value is -1.07. The highest BCUT2D eigenvalue weighted by Gasteiger charge is 2.12. The van der Waals surface area contributed by atoms with E-state index < -0.39 is 0 Å². The van der Waals surface area contributed by atoms with Gasteiger partial charge in [0.05, 0.1) is 18.2 Å². The van der Waals surface area contributed by atoms with Gasteiger partial charge in [-0.05, 0) is 28.1 Å². The molecule has 0 fully saturated rings. The van der Waals surface area contributed by atoms with E-state index >= 15 is 0 Å². The first-order valence-electron chi connectivity index (χ1n) is 4.68. The summed E-state index contributed by atoms with van der Waals surface area (Å²) in [7, 11) is 3.14. The fourth-order valence-electron chi connectivity index (χ4n) is 1.17. The molecule has 0 atom stereocenters. The van der Waals surface area contributed by atoms with Crippen LogP contribution in [-0.4, -0.2) is 33.7 Å². The van der Waals surface area contributed by atoms with Crippen LogP contribution in [0.4, 0.5) is 0 Å². The lowest BCUT2D eigenvalue weighted by Crippen LogP contribution is -2.06. The van der Waals surface area contributed by atoms with Crippen LogP contribution >= 0.6 is 15.9 Å². The molecule has 0 radical (unpaired) electrons. The molecule has 0 saturated carbocycles. The molecule has 0 amide bonds. The summed E-state index contributed by atoms with van der Waals surface area (Å²) in [6.07, 6.45) is 0.757. The van der Waals surface area contributed by atoms with Crippen LogP contribution in [0.25, 0.3) is 0 Å². The SMILES string of the molecule is COCCOc1c(OC)ccc(C=O)c1Br.